The van der Waals surface area contributed by atoms with E-state index in [9.17, 15) is 5.11 Å². The van der Waals surface area contributed by atoms with Crippen molar-refractivity contribution in [3.63, 3.8) is 0 Å². The van der Waals surface area contributed by atoms with Crippen molar-refractivity contribution in [1.29, 1.82) is 0 Å². The van der Waals surface area contributed by atoms with E-state index in [4.69, 9.17) is 15.2 Å². The van der Waals surface area contributed by atoms with E-state index >= 15 is 0 Å². The highest BCUT2D eigenvalue weighted by atomic mass is 35.5. The second-order valence-electron chi connectivity index (χ2n) is 7.34. The number of aliphatic hydroxyl groups excluding tert-OH is 1. The second-order valence-corrected chi connectivity index (χ2v) is 7.34. The van der Waals surface area contributed by atoms with E-state index in [2.05, 4.69) is 5.32 Å². The summed E-state index contributed by atoms with van der Waals surface area (Å²) in [5.41, 5.74) is 9.51. The number of hydrogen-bond acceptors (Lipinski definition) is 5. The van der Waals surface area contributed by atoms with Gasteiger partial charge in [0.1, 0.15) is 18.1 Å². The summed E-state index contributed by atoms with van der Waals surface area (Å²) in [4.78, 5) is 0. The summed E-state index contributed by atoms with van der Waals surface area (Å²) >= 11 is 0. The Morgan fingerprint density at radius 2 is 1.53 bits per heavy atom. The van der Waals surface area contributed by atoms with Gasteiger partial charge in [-0.25, -0.2) is 0 Å². The second kappa shape index (κ2) is 14.7. The summed E-state index contributed by atoms with van der Waals surface area (Å²) in [6.07, 6.45) is -0.0364. The average molecular weight is 479 g/mol. The van der Waals surface area contributed by atoms with Crippen LogP contribution in [0.3, 0.4) is 0 Å². The summed E-state index contributed by atoms with van der Waals surface area (Å²) in [5.74, 6) is 1.64. The van der Waals surface area contributed by atoms with E-state index in [0.717, 1.165) is 28.2 Å². The molecule has 0 fully saturated rings. The van der Waals surface area contributed by atoms with E-state index in [0.29, 0.717) is 26.1 Å². The third-order valence-corrected chi connectivity index (χ3v) is 4.95. The predicted molar refractivity (Wildman–Crippen MR) is 134 cm³/mol. The fourth-order valence-electron chi connectivity index (χ4n) is 3.17. The highest BCUT2D eigenvalue weighted by Crippen LogP contribution is 2.16. The molecule has 7 heteroatoms. The lowest BCUT2D eigenvalue weighted by molar-refractivity contribution is 0.141. The summed E-state index contributed by atoms with van der Waals surface area (Å²) in [5, 5.41) is 13.6. The van der Waals surface area contributed by atoms with Crippen LogP contribution < -0.4 is 20.5 Å². The van der Waals surface area contributed by atoms with Gasteiger partial charge in [-0.3, -0.25) is 0 Å². The van der Waals surface area contributed by atoms with Crippen molar-refractivity contribution < 1.29 is 14.6 Å². The molecule has 5 nitrogen and oxygen atoms in total. The number of halogens is 2. The molecule has 174 valence electrons. The smallest absolute Gasteiger partial charge is 0.119 e. The van der Waals surface area contributed by atoms with Crippen molar-refractivity contribution >= 4 is 24.8 Å². The maximum atomic E-state index is 10.4. The molecule has 0 radical (unpaired) electrons. The molecule has 3 aromatic rings. The van der Waals surface area contributed by atoms with Gasteiger partial charge < -0.3 is 25.6 Å². The quantitative estimate of drug-likeness (QED) is 0.386. The third-order valence-electron chi connectivity index (χ3n) is 4.95. The molecule has 0 aliphatic carbocycles. The van der Waals surface area contributed by atoms with Crippen molar-refractivity contribution in [2.24, 2.45) is 5.73 Å². The van der Waals surface area contributed by atoms with Crippen LogP contribution in [-0.4, -0.2) is 30.9 Å². The predicted octanol–water partition coefficient (Wildman–Crippen LogP) is 4.14. The monoisotopic (exact) mass is 478 g/mol. The molecule has 0 aromatic heterocycles. The Kier molecular flexibility index (Phi) is 12.8. The van der Waals surface area contributed by atoms with Gasteiger partial charge in [-0.05, 0) is 47.4 Å². The van der Waals surface area contributed by atoms with Gasteiger partial charge in [0.15, 0.2) is 0 Å². The first-order valence-electron chi connectivity index (χ1n) is 10.2. The molecule has 0 unspecified atom stereocenters. The van der Waals surface area contributed by atoms with Crippen LogP contribution in [0.5, 0.6) is 11.5 Å². The standard InChI is InChI=1S/C25H30N2O3.2ClH/c1-29-23-9-5-8-21(14-23)16-27-17-25(28)24(26)15-19-10-12-22(13-11-19)30-18-20-6-3-2-4-7-20;;/h2-14,24-25,27-28H,15-18,26H2,1H3;2*1H/t24-,25+;;/m0../s1. The highest BCUT2D eigenvalue weighted by Gasteiger charge is 2.15. The summed E-state index contributed by atoms with van der Waals surface area (Å²) in [6.45, 7) is 1.61. The van der Waals surface area contributed by atoms with Crippen LogP contribution in [0, 0.1) is 0 Å². The topological polar surface area (TPSA) is 76.7 Å². The fraction of sp³-hybridized carbons (Fsp3) is 0.280. The van der Waals surface area contributed by atoms with E-state index < -0.39 is 6.10 Å². The van der Waals surface area contributed by atoms with E-state index in [1.165, 1.54) is 0 Å². The van der Waals surface area contributed by atoms with Gasteiger partial charge in [0.2, 0.25) is 0 Å². The average Bonchev–Trinajstić information content (AvgIpc) is 2.79. The SMILES string of the molecule is COc1cccc(CNC[C@@H](O)[C@@H](N)Cc2ccc(OCc3ccccc3)cc2)c1.Cl.Cl. The molecule has 0 heterocycles. The first-order valence-corrected chi connectivity index (χ1v) is 10.2. The minimum atomic E-state index is -0.635. The molecule has 2 atom stereocenters. The zero-order valence-electron chi connectivity index (χ0n) is 18.1. The first kappa shape index (κ1) is 27.8. The van der Waals surface area contributed by atoms with Gasteiger partial charge in [-0.2, -0.15) is 0 Å². The van der Waals surface area contributed by atoms with Gasteiger partial charge in [0.05, 0.1) is 13.2 Å². The Balaban J connectivity index is 0.00000256. The summed E-state index contributed by atoms with van der Waals surface area (Å²) in [7, 11) is 1.65. The van der Waals surface area contributed by atoms with Crippen LogP contribution >= 0.6 is 24.8 Å². The molecule has 4 N–H and O–H groups in total. The maximum absolute atomic E-state index is 10.4. The van der Waals surface area contributed by atoms with Gasteiger partial charge in [0.25, 0.3) is 0 Å². The Bertz CT molecular complexity index is 895. The van der Waals surface area contributed by atoms with Gasteiger partial charge >= 0.3 is 0 Å². The zero-order valence-corrected chi connectivity index (χ0v) is 19.8. The molecule has 3 rings (SSSR count). The number of rotatable bonds is 11. The number of benzene rings is 3. The number of nitrogens with two attached hydrogens (primary N) is 1. The Morgan fingerprint density at radius 1 is 0.844 bits per heavy atom. The molecular formula is C25H32Cl2N2O3. The molecule has 0 aliphatic rings. The van der Waals surface area contributed by atoms with Crippen molar-refractivity contribution in [2.75, 3.05) is 13.7 Å². The molecule has 32 heavy (non-hydrogen) atoms. The molecule has 0 saturated carbocycles. The van der Waals surface area contributed by atoms with Gasteiger partial charge in [-0.1, -0.05) is 54.6 Å². The largest absolute Gasteiger partial charge is 0.497 e. The minimum Gasteiger partial charge on any atom is -0.497 e. The lowest BCUT2D eigenvalue weighted by Crippen LogP contribution is -2.42. The number of hydrogen-bond donors (Lipinski definition) is 3. The Labute approximate surface area is 202 Å². The molecular weight excluding hydrogens is 447 g/mol. The number of ether oxygens (including phenoxy) is 2. The lowest BCUT2D eigenvalue weighted by Gasteiger charge is -2.20. The van der Waals surface area contributed by atoms with Crippen LogP contribution in [0.1, 0.15) is 16.7 Å². The number of nitrogens with one attached hydrogen (secondary N) is 1. The van der Waals surface area contributed by atoms with Crippen LogP contribution in [0.15, 0.2) is 78.9 Å². The number of aliphatic hydroxyl groups is 1. The molecule has 0 amide bonds. The van der Waals surface area contributed by atoms with Crippen molar-refractivity contribution in [1.82, 2.24) is 5.32 Å². The van der Waals surface area contributed by atoms with Crippen molar-refractivity contribution in [3.05, 3.63) is 95.6 Å². The lowest BCUT2D eigenvalue weighted by atomic mass is 10.0. The minimum absolute atomic E-state index is 0. The van der Waals surface area contributed by atoms with E-state index in [-0.39, 0.29) is 30.9 Å². The molecule has 0 saturated heterocycles. The fourth-order valence-corrected chi connectivity index (χ4v) is 3.17. The summed E-state index contributed by atoms with van der Waals surface area (Å²) in [6, 6.07) is 25.4. The van der Waals surface area contributed by atoms with Gasteiger partial charge in [-0.15, -0.1) is 24.8 Å². The van der Waals surface area contributed by atoms with Gasteiger partial charge in [0, 0.05) is 19.1 Å². The van der Waals surface area contributed by atoms with Crippen LogP contribution in [-0.2, 0) is 19.6 Å². The van der Waals surface area contributed by atoms with Crippen LogP contribution in [0.2, 0.25) is 0 Å². The Hall–Kier alpha value is -2.28. The molecule has 0 bridgehead atoms. The van der Waals surface area contributed by atoms with Crippen LogP contribution in [0.25, 0.3) is 0 Å². The van der Waals surface area contributed by atoms with Crippen molar-refractivity contribution in [3.8, 4) is 11.5 Å². The maximum Gasteiger partial charge on any atom is 0.119 e. The normalized spacial score (nSPS) is 12.1. The molecule has 0 aliphatic heterocycles. The summed E-state index contributed by atoms with van der Waals surface area (Å²) < 4.78 is 11.0. The molecule has 3 aromatic carbocycles. The third kappa shape index (κ3) is 9.07. The van der Waals surface area contributed by atoms with Crippen molar-refractivity contribution in [2.45, 2.75) is 31.7 Å². The molecule has 0 spiro atoms. The number of methoxy groups -OCH3 is 1. The first-order chi connectivity index (χ1) is 14.6. The zero-order chi connectivity index (χ0) is 21.2. The van der Waals surface area contributed by atoms with E-state index in [1.807, 2.05) is 78.9 Å². The highest BCUT2D eigenvalue weighted by molar-refractivity contribution is 5.85. The Morgan fingerprint density at radius 3 is 2.22 bits per heavy atom. The van der Waals surface area contributed by atoms with E-state index in [1.54, 1.807) is 7.11 Å². The van der Waals surface area contributed by atoms with Crippen LogP contribution in [0.4, 0.5) is 0 Å².